The summed E-state index contributed by atoms with van der Waals surface area (Å²) in [6, 6.07) is 9.31. The standard InChI is InChI=1S/C30H38N2O7/c1-20-9-11-23(39-20)19-31-27(33)17-22-18-30(29(35)38-4)14-7-5-6-8-26(30)32(28(22)34)15-13-21-10-12-24(36-2)25(16-21)37-3/h8-12,16,22H,5-7,13-15,17-19H2,1-4H3,(H,31,33)/t22-,30+/m1/s1. The van der Waals surface area contributed by atoms with Gasteiger partial charge in [-0.05, 0) is 68.9 Å². The highest BCUT2D eigenvalue weighted by Crippen LogP contribution is 2.49. The van der Waals surface area contributed by atoms with E-state index in [2.05, 4.69) is 5.32 Å². The molecule has 9 nitrogen and oxygen atoms in total. The largest absolute Gasteiger partial charge is 0.493 e. The smallest absolute Gasteiger partial charge is 0.317 e. The number of ether oxygens (including phenoxy) is 3. The molecule has 0 spiro atoms. The number of likely N-dealkylation sites (tertiary alicyclic amines) is 1. The molecule has 1 N–H and O–H groups in total. The molecule has 0 bridgehead atoms. The maximum Gasteiger partial charge on any atom is 0.317 e. The number of hydrogen-bond donors (Lipinski definition) is 1. The Labute approximate surface area is 229 Å². The Morgan fingerprint density at radius 3 is 2.59 bits per heavy atom. The second kappa shape index (κ2) is 12.4. The number of carbonyl (C=O) groups is 3. The first-order valence-electron chi connectivity index (χ1n) is 13.4. The number of rotatable bonds is 10. The SMILES string of the molecule is COC(=O)[C@]12CCCCC=C1N(CCc1ccc(OC)c(OC)c1)C(=O)[C@H](CC(=O)NCc1ccc(C)o1)C2. The van der Waals surface area contributed by atoms with Crippen molar-refractivity contribution in [3.63, 3.8) is 0 Å². The molecule has 2 amide bonds. The van der Waals surface area contributed by atoms with Gasteiger partial charge in [0, 0.05) is 24.6 Å². The molecule has 2 aromatic rings. The molecular weight excluding hydrogens is 500 g/mol. The topological polar surface area (TPSA) is 107 Å². The van der Waals surface area contributed by atoms with Crippen LogP contribution in [0.15, 0.2) is 46.5 Å². The van der Waals surface area contributed by atoms with Gasteiger partial charge >= 0.3 is 5.97 Å². The van der Waals surface area contributed by atoms with Crippen molar-refractivity contribution in [2.24, 2.45) is 11.3 Å². The van der Waals surface area contributed by atoms with Gasteiger partial charge in [0.2, 0.25) is 11.8 Å². The fourth-order valence-corrected chi connectivity index (χ4v) is 5.77. The van der Waals surface area contributed by atoms with E-state index in [0.29, 0.717) is 42.3 Å². The molecule has 39 heavy (non-hydrogen) atoms. The summed E-state index contributed by atoms with van der Waals surface area (Å²) in [4.78, 5) is 41.9. The van der Waals surface area contributed by atoms with Crippen LogP contribution in [0.4, 0.5) is 0 Å². The molecule has 1 aromatic carbocycles. The first kappa shape index (κ1) is 28.3. The van der Waals surface area contributed by atoms with Crippen LogP contribution in [0.2, 0.25) is 0 Å². The highest BCUT2D eigenvalue weighted by Gasteiger charge is 2.53. The van der Waals surface area contributed by atoms with Crippen molar-refractivity contribution < 1.29 is 33.0 Å². The van der Waals surface area contributed by atoms with Gasteiger partial charge in [-0.2, -0.15) is 0 Å². The highest BCUT2D eigenvalue weighted by atomic mass is 16.5. The Balaban J connectivity index is 1.58. The molecule has 1 saturated heterocycles. The summed E-state index contributed by atoms with van der Waals surface area (Å²) in [6.45, 7) is 2.44. The molecule has 1 aliphatic heterocycles. The van der Waals surface area contributed by atoms with E-state index < -0.39 is 11.3 Å². The van der Waals surface area contributed by atoms with Gasteiger partial charge in [-0.1, -0.05) is 18.6 Å². The molecule has 1 aliphatic carbocycles. The lowest BCUT2D eigenvalue weighted by atomic mass is 9.69. The molecule has 2 atom stereocenters. The molecule has 210 valence electrons. The minimum atomic E-state index is -0.959. The second-order valence-corrected chi connectivity index (χ2v) is 10.2. The number of amides is 2. The van der Waals surface area contributed by atoms with Crippen LogP contribution in [-0.2, 0) is 32.1 Å². The van der Waals surface area contributed by atoms with Crippen LogP contribution in [0.5, 0.6) is 11.5 Å². The molecule has 0 saturated carbocycles. The minimum absolute atomic E-state index is 0.0165. The molecule has 4 rings (SSSR count). The minimum Gasteiger partial charge on any atom is -0.493 e. The Bertz CT molecular complexity index is 1230. The third-order valence-electron chi connectivity index (χ3n) is 7.72. The number of benzene rings is 1. The van der Waals surface area contributed by atoms with Gasteiger partial charge in [0.15, 0.2) is 11.5 Å². The van der Waals surface area contributed by atoms with Gasteiger partial charge in [0.1, 0.15) is 16.9 Å². The summed E-state index contributed by atoms with van der Waals surface area (Å²) in [5.41, 5.74) is 0.715. The van der Waals surface area contributed by atoms with Crippen LogP contribution in [0.1, 0.15) is 55.6 Å². The van der Waals surface area contributed by atoms with Crippen LogP contribution < -0.4 is 14.8 Å². The van der Waals surface area contributed by atoms with Gasteiger partial charge < -0.3 is 28.8 Å². The fourth-order valence-electron chi connectivity index (χ4n) is 5.77. The van der Waals surface area contributed by atoms with Gasteiger partial charge in [-0.15, -0.1) is 0 Å². The Hall–Kier alpha value is -3.75. The van der Waals surface area contributed by atoms with E-state index in [0.717, 1.165) is 30.6 Å². The van der Waals surface area contributed by atoms with Crippen molar-refractivity contribution in [2.45, 2.75) is 58.4 Å². The van der Waals surface area contributed by atoms with Gasteiger partial charge in [-0.25, -0.2) is 0 Å². The van der Waals surface area contributed by atoms with E-state index in [9.17, 15) is 14.4 Å². The number of allylic oxidation sites excluding steroid dienone is 1. The summed E-state index contributed by atoms with van der Waals surface area (Å²) in [7, 11) is 4.55. The van der Waals surface area contributed by atoms with Crippen molar-refractivity contribution >= 4 is 17.8 Å². The molecule has 0 unspecified atom stereocenters. The van der Waals surface area contributed by atoms with Crippen molar-refractivity contribution in [1.82, 2.24) is 10.2 Å². The van der Waals surface area contributed by atoms with Gasteiger partial charge in [-0.3, -0.25) is 14.4 Å². The Kier molecular flexibility index (Phi) is 8.99. The van der Waals surface area contributed by atoms with E-state index in [1.165, 1.54) is 7.11 Å². The van der Waals surface area contributed by atoms with Gasteiger partial charge in [0.05, 0.1) is 27.9 Å². The number of esters is 1. The number of nitrogens with one attached hydrogen (secondary N) is 1. The van der Waals surface area contributed by atoms with E-state index in [4.69, 9.17) is 18.6 Å². The predicted molar refractivity (Wildman–Crippen MR) is 144 cm³/mol. The van der Waals surface area contributed by atoms with Crippen molar-refractivity contribution in [3.05, 3.63) is 59.2 Å². The van der Waals surface area contributed by atoms with E-state index >= 15 is 0 Å². The first-order chi connectivity index (χ1) is 18.8. The zero-order valence-corrected chi connectivity index (χ0v) is 23.2. The van der Waals surface area contributed by atoms with Crippen LogP contribution in [-0.4, -0.2) is 50.6 Å². The number of carbonyl (C=O) groups excluding carboxylic acids is 3. The molecule has 2 heterocycles. The zero-order valence-electron chi connectivity index (χ0n) is 23.2. The monoisotopic (exact) mass is 538 g/mol. The van der Waals surface area contributed by atoms with Crippen LogP contribution in [0.3, 0.4) is 0 Å². The Morgan fingerprint density at radius 1 is 1.10 bits per heavy atom. The number of nitrogens with zero attached hydrogens (tertiary/aromatic N) is 1. The molecule has 0 radical (unpaired) electrons. The normalized spacial score (nSPS) is 20.9. The number of aryl methyl sites for hydroxylation is 1. The molecule has 1 fully saturated rings. The van der Waals surface area contributed by atoms with E-state index in [1.807, 2.05) is 43.3 Å². The maximum atomic E-state index is 13.9. The second-order valence-electron chi connectivity index (χ2n) is 10.2. The molecule has 1 aromatic heterocycles. The summed E-state index contributed by atoms with van der Waals surface area (Å²) < 4.78 is 21.6. The van der Waals surface area contributed by atoms with Crippen LogP contribution >= 0.6 is 0 Å². The number of methoxy groups -OCH3 is 3. The van der Waals surface area contributed by atoms with Crippen LogP contribution in [0, 0.1) is 18.3 Å². The first-order valence-corrected chi connectivity index (χ1v) is 13.4. The predicted octanol–water partition coefficient (Wildman–Crippen LogP) is 4.32. The fraction of sp³-hybridized carbons (Fsp3) is 0.500. The van der Waals surface area contributed by atoms with Gasteiger partial charge in [0.25, 0.3) is 0 Å². The zero-order chi connectivity index (χ0) is 28.0. The quantitative estimate of drug-likeness (QED) is 0.449. The lowest BCUT2D eigenvalue weighted by molar-refractivity contribution is -0.159. The third-order valence-corrected chi connectivity index (χ3v) is 7.72. The van der Waals surface area contributed by atoms with Crippen molar-refractivity contribution in [1.29, 1.82) is 0 Å². The van der Waals surface area contributed by atoms with Crippen LogP contribution in [0.25, 0.3) is 0 Å². The average Bonchev–Trinajstić information content (AvgIpc) is 3.24. The maximum absolute atomic E-state index is 13.9. The Morgan fingerprint density at radius 2 is 1.90 bits per heavy atom. The number of fused-ring (bicyclic) bond motifs is 1. The third kappa shape index (κ3) is 6.13. The van der Waals surface area contributed by atoms with E-state index in [-0.39, 0.29) is 37.2 Å². The molecule has 2 aliphatic rings. The summed E-state index contributed by atoms with van der Waals surface area (Å²) in [6.07, 6.45) is 5.92. The average molecular weight is 539 g/mol. The van der Waals surface area contributed by atoms with E-state index in [1.54, 1.807) is 19.1 Å². The number of piperidine rings is 1. The lowest BCUT2D eigenvalue weighted by Crippen LogP contribution is -2.53. The van der Waals surface area contributed by atoms with Crippen molar-refractivity contribution in [2.75, 3.05) is 27.9 Å². The summed E-state index contributed by atoms with van der Waals surface area (Å²) in [5, 5.41) is 2.86. The summed E-state index contributed by atoms with van der Waals surface area (Å²) >= 11 is 0. The summed E-state index contributed by atoms with van der Waals surface area (Å²) in [5.74, 6) is 1.24. The molecule has 9 heteroatoms. The highest BCUT2D eigenvalue weighted by molar-refractivity contribution is 5.92. The lowest BCUT2D eigenvalue weighted by Gasteiger charge is -2.46. The number of hydrogen-bond acceptors (Lipinski definition) is 7. The number of furan rings is 1. The van der Waals surface area contributed by atoms with Crippen molar-refractivity contribution in [3.8, 4) is 11.5 Å². The molecular formula is C30H38N2O7.